The lowest BCUT2D eigenvalue weighted by molar-refractivity contribution is -0.123. The fourth-order valence-corrected chi connectivity index (χ4v) is 5.60. The maximum atomic E-state index is 13.2. The second-order valence-corrected chi connectivity index (χ2v) is 10.2. The second-order valence-electron chi connectivity index (χ2n) is 8.40. The maximum Gasteiger partial charge on any atom is 0.405 e. The molecule has 2 amide bonds. The summed E-state index contributed by atoms with van der Waals surface area (Å²) in [6, 6.07) is 8.21. The molecule has 36 heavy (non-hydrogen) atoms. The van der Waals surface area contributed by atoms with Crippen LogP contribution in [0.2, 0.25) is 0 Å². The predicted molar refractivity (Wildman–Crippen MR) is 127 cm³/mol. The molecule has 3 heterocycles. The van der Waals surface area contributed by atoms with Gasteiger partial charge >= 0.3 is 12.2 Å². The highest BCUT2D eigenvalue weighted by molar-refractivity contribution is 7.90. The van der Waals surface area contributed by atoms with Crippen LogP contribution in [0.3, 0.4) is 0 Å². The van der Waals surface area contributed by atoms with Gasteiger partial charge in [-0.3, -0.25) is 0 Å². The molecular formula is C23H23F3N6O3S. The molecule has 1 unspecified atom stereocenters. The van der Waals surface area contributed by atoms with Crippen molar-refractivity contribution in [2.45, 2.75) is 30.5 Å². The fourth-order valence-electron chi connectivity index (χ4n) is 4.28. The van der Waals surface area contributed by atoms with Crippen LogP contribution < -0.4 is 10.6 Å². The molecule has 3 aromatic rings. The van der Waals surface area contributed by atoms with Gasteiger partial charge in [0.2, 0.25) is 5.69 Å². The highest BCUT2D eigenvalue weighted by Gasteiger charge is 2.36. The van der Waals surface area contributed by atoms with Gasteiger partial charge in [-0.05, 0) is 30.5 Å². The third-order valence-electron chi connectivity index (χ3n) is 6.10. The quantitative estimate of drug-likeness (QED) is 0.474. The molecule has 0 aliphatic carbocycles. The first-order valence-corrected chi connectivity index (χ1v) is 12.5. The summed E-state index contributed by atoms with van der Waals surface area (Å²) in [5.74, 6) is -0.0985. The van der Waals surface area contributed by atoms with E-state index in [1.165, 1.54) is 29.4 Å². The second kappa shape index (κ2) is 9.69. The van der Waals surface area contributed by atoms with Crippen molar-refractivity contribution in [2.75, 3.05) is 25.0 Å². The Labute approximate surface area is 205 Å². The zero-order chi connectivity index (χ0) is 26.1. The highest BCUT2D eigenvalue weighted by atomic mass is 32.2. The summed E-state index contributed by atoms with van der Waals surface area (Å²) in [6.45, 7) is 8.39. The zero-order valence-corrected chi connectivity index (χ0v) is 20.0. The number of nitrogens with zero attached hydrogens (tertiary/aromatic N) is 4. The van der Waals surface area contributed by atoms with E-state index < -0.39 is 28.8 Å². The minimum absolute atomic E-state index is 0.0791. The van der Waals surface area contributed by atoms with Crippen molar-refractivity contribution in [1.29, 1.82) is 0 Å². The number of aromatic nitrogens is 2. The molecule has 1 saturated heterocycles. The van der Waals surface area contributed by atoms with E-state index in [2.05, 4.69) is 15.1 Å². The van der Waals surface area contributed by atoms with Gasteiger partial charge in [0.15, 0.2) is 5.65 Å². The van der Waals surface area contributed by atoms with E-state index in [-0.39, 0.29) is 41.3 Å². The van der Waals surface area contributed by atoms with Crippen LogP contribution in [0.15, 0.2) is 53.7 Å². The molecule has 4 rings (SSSR count). The minimum Gasteiger partial charge on any atom is -0.388 e. The first-order valence-electron chi connectivity index (χ1n) is 11.1. The molecule has 1 aliphatic heterocycles. The Bertz CT molecular complexity index is 1420. The molecule has 190 valence electrons. The smallest absolute Gasteiger partial charge is 0.388 e. The van der Waals surface area contributed by atoms with Crippen LogP contribution in [0.25, 0.3) is 15.9 Å². The van der Waals surface area contributed by atoms with E-state index in [9.17, 15) is 26.4 Å². The number of likely N-dealkylation sites (tertiary alicyclic amines) is 1. The summed E-state index contributed by atoms with van der Waals surface area (Å²) in [5.41, 5.74) is 0.643. The number of pyridine rings is 1. The van der Waals surface area contributed by atoms with Gasteiger partial charge in [0, 0.05) is 36.9 Å². The number of anilines is 1. The number of carbonyl (C=O) groups is 1. The molecular weight excluding hydrogens is 497 g/mol. The summed E-state index contributed by atoms with van der Waals surface area (Å²) < 4.78 is 64.9. The van der Waals surface area contributed by atoms with Crippen LogP contribution in [0.4, 0.5) is 29.3 Å². The van der Waals surface area contributed by atoms with Crippen molar-refractivity contribution in [3.05, 3.63) is 60.2 Å². The lowest BCUT2D eigenvalue weighted by atomic mass is 10.0. The number of rotatable bonds is 6. The van der Waals surface area contributed by atoms with Crippen molar-refractivity contribution < 1.29 is 26.4 Å². The largest absolute Gasteiger partial charge is 0.405 e. The van der Waals surface area contributed by atoms with Crippen molar-refractivity contribution in [1.82, 2.24) is 19.2 Å². The van der Waals surface area contributed by atoms with Crippen LogP contribution in [-0.2, 0) is 10.0 Å². The standard InChI is InChI=1S/C23H23F3N6O3S/c1-3-15-12-31(22(33)29-14-23(24,25)26)13-19(15)30-20-17-9-10-32(21(17)28-11-18(20)27-2)36(34,35)16-7-5-4-6-8-16/h4-11,15,19H,3,12-14H2,1H3,(H,28,30)(H,29,33)/t15-,19?/m1/s1. The monoisotopic (exact) mass is 520 g/mol. The van der Waals surface area contributed by atoms with Gasteiger partial charge < -0.3 is 15.5 Å². The third kappa shape index (κ3) is 4.94. The van der Waals surface area contributed by atoms with Crippen molar-refractivity contribution in [3.8, 4) is 0 Å². The van der Waals surface area contributed by atoms with Crippen LogP contribution in [0.5, 0.6) is 0 Å². The van der Waals surface area contributed by atoms with Gasteiger partial charge in [-0.15, -0.1) is 0 Å². The van der Waals surface area contributed by atoms with Crippen LogP contribution in [-0.4, -0.2) is 60.2 Å². The molecule has 0 spiro atoms. The first-order chi connectivity index (χ1) is 17.0. The Morgan fingerprint density at radius 3 is 2.58 bits per heavy atom. The van der Waals surface area contributed by atoms with E-state index in [1.54, 1.807) is 24.3 Å². The van der Waals surface area contributed by atoms with E-state index in [0.717, 1.165) is 3.97 Å². The summed E-state index contributed by atoms with van der Waals surface area (Å²) >= 11 is 0. The number of alkyl halides is 3. The summed E-state index contributed by atoms with van der Waals surface area (Å²) in [6.07, 6.45) is -1.25. The SMILES string of the molecule is [C-]#[N+]c1cnc2c(ccn2S(=O)(=O)c2ccccc2)c1NC1CN(C(=O)NCC(F)(F)F)C[C@H]1CC. The van der Waals surface area contributed by atoms with Crippen molar-refractivity contribution >= 4 is 38.5 Å². The number of hydrogen-bond acceptors (Lipinski definition) is 5. The summed E-state index contributed by atoms with van der Waals surface area (Å²) in [4.78, 5) is 21.4. The first kappa shape index (κ1) is 25.3. The Balaban J connectivity index is 1.65. The van der Waals surface area contributed by atoms with Gasteiger partial charge in [-0.2, -0.15) is 13.2 Å². The maximum absolute atomic E-state index is 13.2. The van der Waals surface area contributed by atoms with Gasteiger partial charge in [0.1, 0.15) is 6.54 Å². The van der Waals surface area contributed by atoms with Crippen LogP contribution >= 0.6 is 0 Å². The normalized spacial score (nSPS) is 18.2. The molecule has 2 N–H and O–H groups in total. The molecule has 0 saturated carbocycles. The minimum atomic E-state index is -4.52. The summed E-state index contributed by atoms with van der Waals surface area (Å²) in [7, 11) is -3.94. The van der Waals surface area contributed by atoms with E-state index in [0.29, 0.717) is 17.5 Å². The van der Waals surface area contributed by atoms with Gasteiger partial charge in [0.25, 0.3) is 10.0 Å². The molecule has 1 aromatic carbocycles. The molecule has 2 atom stereocenters. The molecule has 2 aromatic heterocycles. The van der Waals surface area contributed by atoms with Gasteiger partial charge in [-0.25, -0.2) is 27.0 Å². The average molecular weight is 521 g/mol. The Kier molecular flexibility index (Phi) is 6.81. The van der Waals surface area contributed by atoms with Crippen LogP contribution in [0.1, 0.15) is 13.3 Å². The topological polar surface area (TPSA) is 101 Å². The number of amides is 2. The van der Waals surface area contributed by atoms with Crippen LogP contribution in [0, 0.1) is 12.5 Å². The Morgan fingerprint density at radius 2 is 1.94 bits per heavy atom. The van der Waals surface area contributed by atoms with Gasteiger partial charge in [0.05, 0.1) is 17.2 Å². The predicted octanol–water partition coefficient (Wildman–Crippen LogP) is 4.22. The number of carbonyl (C=O) groups excluding carboxylic acids is 1. The third-order valence-corrected chi connectivity index (χ3v) is 7.78. The number of nitrogens with one attached hydrogen (secondary N) is 2. The number of benzene rings is 1. The molecule has 1 aliphatic rings. The highest BCUT2D eigenvalue weighted by Crippen LogP contribution is 2.36. The number of urea groups is 1. The van der Waals surface area contributed by atoms with E-state index in [4.69, 9.17) is 6.57 Å². The fraction of sp³-hybridized carbons (Fsp3) is 0.348. The lowest BCUT2D eigenvalue weighted by Gasteiger charge is -2.21. The van der Waals surface area contributed by atoms with Crippen molar-refractivity contribution in [2.24, 2.45) is 5.92 Å². The molecule has 0 bridgehead atoms. The van der Waals surface area contributed by atoms with E-state index >= 15 is 0 Å². The molecule has 0 radical (unpaired) electrons. The Morgan fingerprint density at radius 1 is 1.22 bits per heavy atom. The lowest BCUT2D eigenvalue weighted by Crippen LogP contribution is -2.43. The number of halogens is 3. The average Bonchev–Trinajstić information content (AvgIpc) is 3.47. The van der Waals surface area contributed by atoms with E-state index in [1.807, 2.05) is 12.2 Å². The number of fused-ring (bicyclic) bond motifs is 1. The molecule has 9 nitrogen and oxygen atoms in total. The van der Waals surface area contributed by atoms with Crippen molar-refractivity contribution in [3.63, 3.8) is 0 Å². The summed E-state index contributed by atoms with van der Waals surface area (Å²) in [5, 5.41) is 5.55. The zero-order valence-electron chi connectivity index (χ0n) is 19.2. The van der Waals surface area contributed by atoms with Gasteiger partial charge in [-0.1, -0.05) is 25.1 Å². The molecule has 13 heteroatoms. The molecule has 1 fully saturated rings. The Hall–Kier alpha value is -3.79. The number of hydrogen-bond donors (Lipinski definition) is 2.